The van der Waals surface area contributed by atoms with Crippen molar-refractivity contribution in [2.24, 2.45) is 5.73 Å². The number of nitriles is 1. The summed E-state index contributed by atoms with van der Waals surface area (Å²) < 4.78 is 1.58. The van der Waals surface area contributed by atoms with Gasteiger partial charge in [-0.25, -0.2) is 14.5 Å². The molecule has 10 heteroatoms. The molecular weight excluding hydrogens is 478 g/mol. The van der Waals surface area contributed by atoms with Crippen molar-refractivity contribution in [2.45, 2.75) is 39.7 Å². The van der Waals surface area contributed by atoms with Crippen molar-refractivity contribution < 1.29 is 9.59 Å². The molecule has 4 rings (SSSR count). The van der Waals surface area contributed by atoms with Gasteiger partial charge in [-0.05, 0) is 57.0 Å². The highest BCUT2D eigenvalue weighted by Gasteiger charge is 2.26. The Balaban J connectivity index is 2.03. The number of amides is 2. The molecule has 9 nitrogen and oxygen atoms in total. The molecule has 0 saturated carbocycles. The number of nitrogens with one attached hydrogen (secondary N) is 1. The minimum absolute atomic E-state index is 0.0799. The first-order valence-electron chi connectivity index (χ1n) is 11.1. The summed E-state index contributed by atoms with van der Waals surface area (Å²) in [6.07, 6.45) is 1.99. The van der Waals surface area contributed by atoms with Crippen LogP contribution in [0, 0.1) is 18.3 Å². The number of carbonyl (C=O) groups is 2. The summed E-state index contributed by atoms with van der Waals surface area (Å²) >= 11 is 6.27. The van der Waals surface area contributed by atoms with Gasteiger partial charge in [-0.2, -0.15) is 10.4 Å². The van der Waals surface area contributed by atoms with E-state index in [4.69, 9.17) is 22.4 Å². The number of fused-ring (bicyclic) bond motifs is 1. The second kappa shape index (κ2) is 9.40. The molecule has 3 aromatic heterocycles. The summed E-state index contributed by atoms with van der Waals surface area (Å²) in [7, 11) is 0. The SMILES string of the molecule is CC(=O)NC(C)(C)Cc1cn2nc(-c3cccc(C#N)c3)c(-c3cc(C)nc(Cl)c3)c2nc1C(N)=O. The van der Waals surface area contributed by atoms with E-state index in [0.29, 0.717) is 56.4 Å². The minimum atomic E-state index is -0.699. The normalized spacial score (nSPS) is 11.3. The molecule has 0 spiro atoms. The van der Waals surface area contributed by atoms with Crippen LogP contribution in [0.2, 0.25) is 5.15 Å². The number of aryl methyl sites for hydroxylation is 1. The zero-order valence-corrected chi connectivity index (χ0v) is 21.0. The first-order chi connectivity index (χ1) is 17.0. The van der Waals surface area contributed by atoms with Crippen LogP contribution in [0.3, 0.4) is 0 Å². The number of carbonyl (C=O) groups excluding carboxylic acids is 2. The molecule has 0 atom stereocenters. The molecule has 4 aromatic rings. The summed E-state index contributed by atoms with van der Waals surface area (Å²) in [5.74, 6) is -0.893. The topological polar surface area (TPSA) is 139 Å². The highest BCUT2D eigenvalue weighted by Crippen LogP contribution is 2.36. The lowest BCUT2D eigenvalue weighted by atomic mass is 9.94. The number of aromatic nitrogens is 4. The number of hydrogen-bond acceptors (Lipinski definition) is 6. The van der Waals surface area contributed by atoms with Gasteiger partial charge >= 0.3 is 0 Å². The summed E-state index contributed by atoms with van der Waals surface area (Å²) in [5, 5.41) is 17.4. The fourth-order valence-electron chi connectivity index (χ4n) is 4.33. The average Bonchev–Trinajstić information content (AvgIpc) is 3.15. The van der Waals surface area contributed by atoms with E-state index in [1.165, 1.54) is 6.92 Å². The Hall–Kier alpha value is -4.29. The van der Waals surface area contributed by atoms with Gasteiger partial charge in [-0.15, -0.1) is 0 Å². The van der Waals surface area contributed by atoms with Gasteiger partial charge in [0.15, 0.2) is 5.65 Å². The Labute approximate surface area is 212 Å². The van der Waals surface area contributed by atoms with Crippen LogP contribution in [0.4, 0.5) is 0 Å². The van der Waals surface area contributed by atoms with Crippen molar-refractivity contribution in [3.05, 3.63) is 70.3 Å². The highest BCUT2D eigenvalue weighted by molar-refractivity contribution is 6.29. The Bertz CT molecular complexity index is 1550. The molecule has 0 bridgehead atoms. The molecule has 1 aromatic carbocycles. The largest absolute Gasteiger partial charge is 0.364 e. The Morgan fingerprint density at radius 3 is 2.58 bits per heavy atom. The van der Waals surface area contributed by atoms with Crippen LogP contribution in [-0.4, -0.2) is 36.9 Å². The molecule has 0 aliphatic carbocycles. The van der Waals surface area contributed by atoms with Gasteiger partial charge in [0.25, 0.3) is 5.91 Å². The molecule has 3 N–H and O–H groups in total. The minimum Gasteiger partial charge on any atom is -0.364 e. The summed E-state index contributed by atoms with van der Waals surface area (Å²) in [6, 6.07) is 12.7. The monoisotopic (exact) mass is 501 g/mol. The summed E-state index contributed by atoms with van der Waals surface area (Å²) in [5.41, 5.74) is 9.81. The zero-order valence-electron chi connectivity index (χ0n) is 20.3. The second-order valence-corrected chi connectivity index (χ2v) is 9.61. The molecule has 0 radical (unpaired) electrons. The average molecular weight is 502 g/mol. The molecule has 0 unspecified atom stereocenters. The standard InChI is InChI=1S/C26H24ClN7O2/c1-14-8-18(10-20(27)30-14)21-22(17-7-5-6-16(9-17)12-28)33-34-13-19(11-26(3,4)32-15(2)35)23(24(29)36)31-25(21)34/h5-10,13H,11H2,1-4H3,(H2,29,36)(H,32,35). The number of primary amides is 1. The molecule has 0 aliphatic heterocycles. The third-order valence-electron chi connectivity index (χ3n) is 5.54. The molecular formula is C26H24ClN7O2. The van der Waals surface area contributed by atoms with E-state index < -0.39 is 11.4 Å². The number of nitrogens with zero attached hydrogens (tertiary/aromatic N) is 5. The van der Waals surface area contributed by atoms with Crippen molar-refractivity contribution in [1.29, 1.82) is 5.26 Å². The lowest BCUT2D eigenvalue weighted by Gasteiger charge is -2.26. The lowest BCUT2D eigenvalue weighted by Crippen LogP contribution is -2.44. The van der Waals surface area contributed by atoms with Gasteiger partial charge in [0.05, 0.1) is 17.2 Å². The second-order valence-electron chi connectivity index (χ2n) is 9.23. The molecule has 0 saturated heterocycles. The van der Waals surface area contributed by atoms with E-state index in [1.807, 2.05) is 32.9 Å². The van der Waals surface area contributed by atoms with Crippen molar-refractivity contribution in [1.82, 2.24) is 24.9 Å². The predicted octanol–water partition coefficient (Wildman–Crippen LogP) is 3.85. The van der Waals surface area contributed by atoms with Crippen molar-refractivity contribution in [3.63, 3.8) is 0 Å². The molecule has 0 aliphatic rings. The Morgan fingerprint density at radius 2 is 1.94 bits per heavy atom. The maximum Gasteiger partial charge on any atom is 0.267 e. The van der Waals surface area contributed by atoms with Crippen molar-refractivity contribution in [2.75, 3.05) is 0 Å². The van der Waals surface area contributed by atoms with Crippen LogP contribution in [0.1, 0.15) is 48.1 Å². The van der Waals surface area contributed by atoms with Gasteiger partial charge in [-0.3, -0.25) is 9.59 Å². The van der Waals surface area contributed by atoms with Crippen LogP contribution >= 0.6 is 11.6 Å². The van der Waals surface area contributed by atoms with Gasteiger partial charge in [-0.1, -0.05) is 23.7 Å². The summed E-state index contributed by atoms with van der Waals surface area (Å²) in [6.45, 7) is 6.94. The van der Waals surface area contributed by atoms with E-state index >= 15 is 0 Å². The number of nitrogens with two attached hydrogens (primary N) is 1. The van der Waals surface area contributed by atoms with E-state index in [9.17, 15) is 14.9 Å². The lowest BCUT2D eigenvalue weighted by molar-refractivity contribution is -0.120. The van der Waals surface area contributed by atoms with Crippen molar-refractivity contribution in [3.8, 4) is 28.5 Å². The number of halogens is 1. The van der Waals surface area contributed by atoms with Crippen LogP contribution in [0.25, 0.3) is 28.0 Å². The molecule has 36 heavy (non-hydrogen) atoms. The molecule has 2 amide bonds. The maximum absolute atomic E-state index is 12.5. The zero-order chi connectivity index (χ0) is 26.2. The van der Waals surface area contributed by atoms with Gasteiger partial charge < -0.3 is 11.1 Å². The molecule has 3 heterocycles. The number of hydrogen-bond donors (Lipinski definition) is 2. The number of benzene rings is 1. The number of pyridine rings is 1. The predicted molar refractivity (Wildman–Crippen MR) is 136 cm³/mol. The van der Waals surface area contributed by atoms with Crippen LogP contribution < -0.4 is 11.1 Å². The van der Waals surface area contributed by atoms with Crippen LogP contribution in [0.15, 0.2) is 42.6 Å². The fourth-order valence-corrected chi connectivity index (χ4v) is 4.58. The van der Waals surface area contributed by atoms with Crippen LogP contribution in [0.5, 0.6) is 0 Å². The quantitative estimate of drug-likeness (QED) is 0.385. The van der Waals surface area contributed by atoms with E-state index in [2.05, 4.69) is 21.4 Å². The van der Waals surface area contributed by atoms with E-state index in [-0.39, 0.29) is 11.6 Å². The van der Waals surface area contributed by atoms with E-state index in [1.54, 1.807) is 35.0 Å². The smallest absolute Gasteiger partial charge is 0.267 e. The van der Waals surface area contributed by atoms with Gasteiger partial charge in [0.1, 0.15) is 16.5 Å². The third kappa shape index (κ3) is 5.04. The Morgan fingerprint density at radius 1 is 1.19 bits per heavy atom. The van der Waals surface area contributed by atoms with Gasteiger partial charge in [0, 0.05) is 35.5 Å². The summed E-state index contributed by atoms with van der Waals surface area (Å²) in [4.78, 5) is 33.0. The van der Waals surface area contributed by atoms with Crippen LogP contribution in [-0.2, 0) is 11.2 Å². The maximum atomic E-state index is 12.5. The highest BCUT2D eigenvalue weighted by atomic mass is 35.5. The fraction of sp³-hybridized carbons (Fsp3) is 0.231. The number of rotatable bonds is 6. The van der Waals surface area contributed by atoms with E-state index in [0.717, 1.165) is 0 Å². The first kappa shape index (κ1) is 24.8. The molecule has 0 fully saturated rings. The van der Waals surface area contributed by atoms with Crippen molar-refractivity contribution >= 4 is 29.1 Å². The Kier molecular flexibility index (Phi) is 6.48. The van der Waals surface area contributed by atoms with Gasteiger partial charge in [0.2, 0.25) is 5.91 Å². The first-order valence-corrected chi connectivity index (χ1v) is 11.5. The molecule has 182 valence electrons. The third-order valence-corrected chi connectivity index (χ3v) is 5.73.